The van der Waals surface area contributed by atoms with E-state index < -0.39 is 60.2 Å². The van der Waals surface area contributed by atoms with E-state index in [0.717, 1.165) is 15.4 Å². The number of rotatable bonds is 10. The van der Waals surface area contributed by atoms with E-state index in [4.69, 9.17) is 14.5 Å². The van der Waals surface area contributed by atoms with Crippen molar-refractivity contribution in [3.63, 3.8) is 0 Å². The van der Waals surface area contributed by atoms with E-state index in [0.29, 0.717) is 5.69 Å². The van der Waals surface area contributed by atoms with Gasteiger partial charge in [0.25, 0.3) is 5.56 Å². The zero-order valence-electron chi connectivity index (χ0n) is 18.9. The number of nitrogens with one attached hydrogen (secondary N) is 2. The second-order valence-electron chi connectivity index (χ2n) is 7.80. The SMILES string of the molecule is O=c1[nH]c(Nc2ccc(Br)cc2)nc2c1ncn2C1O[C@@H](COP(=O)(O)OP(=O)(O)OP(=O)(O)O)[C@H](O)[C@@H]1O. The average Bonchev–Trinajstić information content (AvgIpc) is 3.33. The van der Waals surface area contributed by atoms with E-state index >= 15 is 0 Å². The van der Waals surface area contributed by atoms with Gasteiger partial charge in [0.15, 0.2) is 17.4 Å². The maximum atomic E-state index is 12.5. The van der Waals surface area contributed by atoms with Gasteiger partial charge in [0, 0.05) is 10.2 Å². The number of benzene rings is 1. The molecule has 23 heteroatoms. The molecule has 0 amide bonds. The number of H-pyrrole nitrogens is 1. The quantitative estimate of drug-likeness (QED) is 0.136. The second-order valence-corrected chi connectivity index (χ2v) is 13.1. The van der Waals surface area contributed by atoms with Gasteiger partial charge in [-0.3, -0.25) is 18.9 Å². The summed E-state index contributed by atoms with van der Waals surface area (Å²) in [5.74, 6) is 0.00816. The molecule has 2 aromatic heterocycles. The highest BCUT2D eigenvalue weighted by molar-refractivity contribution is 9.10. The van der Waals surface area contributed by atoms with Crippen LogP contribution >= 0.6 is 39.4 Å². The number of hydrogen-bond donors (Lipinski definition) is 8. The fourth-order valence-electron chi connectivity index (χ4n) is 3.41. The van der Waals surface area contributed by atoms with Gasteiger partial charge in [0.05, 0.1) is 12.9 Å². The van der Waals surface area contributed by atoms with Gasteiger partial charge < -0.3 is 39.8 Å². The summed E-state index contributed by atoms with van der Waals surface area (Å²) in [6.45, 7) is -1.02. The Morgan fingerprint density at radius 2 is 1.72 bits per heavy atom. The fraction of sp³-hybridized carbons (Fsp3) is 0.312. The van der Waals surface area contributed by atoms with Gasteiger partial charge in [-0.25, -0.2) is 18.7 Å². The summed E-state index contributed by atoms with van der Waals surface area (Å²) in [5, 5.41) is 23.8. The third kappa shape index (κ3) is 7.46. The molecule has 0 radical (unpaired) electrons. The van der Waals surface area contributed by atoms with E-state index in [9.17, 15) is 38.5 Å². The van der Waals surface area contributed by atoms with Crippen molar-refractivity contribution in [2.45, 2.75) is 24.5 Å². The molecular formula is C16H19BrN5O14P3. The number of ether oxygens (including phenoxy) is 1. The molecule has 1 fully saturated rings. The van der Waals surface area contributed by atoms with Gasteiger partial charge >= 0.3 is 23.5 Å². The van der Waals surface area contributed by atoms with Crippen LogP contribution in [-0.4, -0.2) is 74.2 Å². The minimum absolute atomic E-state index is 0.00816. The van der Waals surface area contributed by atoms with Crippen LogP contribution in [0.5, 0.6) is 0 Å². The molecule has 1 aromatic carbocycles. The Morgan fingerprint density at radius 1 is 1.05 bits per heavy atom. The van der Waals surface area contributed by atoms with Crippen LogP contribution in [0, 0.1) is 0 Å². The summed E-state index contributed by atoms with van der Waals surface area (Å²) in [7, 11) is -16.9. The molecule has 1 aliphatic heterocycles. The van der Waals surface area contributed by atoms with Crippen molar-refractivity contribution in [1.82, 2.24) is 19.5 Å². The van der Waals surface area contributed by atoms with Crippen LogP contribution in [0.3, 0.4) is 0 Å². The molecule has 4 rings (SSSR count). The lowest BCUT2D eigenvalue weighted by molar-refractivity contribution is -0.0503. The number of halogens is 1. The Balaban J connectivity index is 1.50. The molecule has 0 spiro atoms. The van der Waals surface area contributed by atoms with Gasteiger partial charge in [0.1, 0.15) is 18.3 Å². The van der Waals surface area contributed by atoms with Crippen LogP contribution in [0.15, 0.2) is 39.9 Å². The Kier molecular flexibility index (Phi) is 8.64. The van der Waals surface area contributed by atoms with Gasteiger partial charge in [-0.2, -0.15) is 13.6 Å². The van der Waals surface area contributed by atoms with Gasteiger partial charge in [-0.15, -0.1) is 0 Å². The highest BCUT2D eigenvalue weighted by atomic mass is 79.9. The smallest absolute Gasteiger partial charge is 0.387 e. The Hall–Kier alpha value is -1.86. The third-order valence-corrected chi connectivity index (χ3v) is 9.30. The van der Waals surface area contributed by atoms with Crippen LogP contribution in [0.2, 0.25) is 0 Å². The number of fused-ring (bicyclic) bond motifs is 1. The fourth-order valence-corrected chi connectivity index (χ4v) is 6.70. The van der Waals surface area contributed by atoms with Gasteiger partial charge in [-0.1, -0.05) is 15.9 Å². The summed E-state index contributed by atoms with van der Waals surface area (Å²) in [6, 6.07) is 6.90. The zero-order valence-corrected chi connectivity index (χ0v) is 23.2. The highest BCUT2D eigenvalue weighted by Gasteiger charge is 2.47. The first kappa shape index (κ1) is 30.1. The van der Waals surface area contributed by atoms with Crippen LogP contribution in [0.1, 0.15) is 6.23 Å². The lowest BCUT2D eigenvalue weighted by atomic mass is 10.1. The number of aliphatic hydroxyl groups is 2. The van der Waals surface area contributed by atoms with Gasteiger partial charge in [0.2, 0.25) is 5.95 Å². The second kappa shape index (κ2) is 11.2. The first-order valence-corrected chi connectivity index (χ1v) is 15.6. The molecule has 6 atom stereocenters. The minimum atomic E-state index is -5.76. The summed E-state index contributed by atoms with van der Waals surface area (Å²) in [5.41, 5.74) is -0.275. The topological polar surface area (TPSA) is 285 Å². The largest absolute Gasteiger partial charge is 0.490 e. The number of anilines is 2. The first-order valence-electron chi connectivity index (χ1n) is 10.3. The Bertz CT molecular complexity index is 1560. The normalized spacial score (nSPS) is 24.9. The maximum Gasteiger partial charge on any atom is 0.490 e. The first-order chi connectivity index (χ1) is 18.0. The number of imidazole rings is 1. The Morgan fingerprint density at radius 3 is 2.36 bits per heavy atom. The van der Waals surface area contributed by atoms with Crippen molar-refractivity contribution < 1.29 is 61.4 Å². The summed E-state index contributed by atoms with van der Waals surface area (Å²) in [6.07, 6.45) is -5.35. The summed E-state index contributed by atoms with van der Waals surface area (Å²) in [4.78, 5) is 59.2. The van der Waals surface area contributed by atoms with Crippen molar-refractivity contribution in [2.75, 3.05) is 11.9 Å². The lowest BCUT2D eigenvalue weighted by Gasteiger charge is -2.19. The zero-order chi connectivity index (χ0) is 28.8. The van der Waals surface area contributed by atoms with Crippen molar-refractivity contribution in [3.8, 4) is 0 Å². The van der Waals surface area contributed by atoms with E-state index in [-0.39, 0.29) is 17.1 Å². The number of phosphoric acid groups is 3. The molecule has 1 aliphatic rings. The van der Waals surface area contributed by atoms with Crippen molar-refractivity contribution in [3.05, 3.63) is 45.4 Å². The molecule has 3 aromatic rings. The molecule has 8 N–H and O–H groups in total. The number of phosphoric ester groups is 1. The third-order valence-electron chi connectivity index (χ3n) is 4.97. The predicted molar refractivity (Wildman–Crippen MR) is 131 cm³/mol. The number of aromatic nitrogens is 4. The minimum Gasteiger partial charge on any atom is -0.387 e. The monoisotopic (exact) mass is 677 g/mol. The molecule has 0 aliphatic carbocycles. The number of hydrogen-bond acceptors (Lipinski definition) is 13. The average molecular weight is 678 g/mol. The molecule has 214 valence electrons. The molecule has 0 bridgehead atoms. The highest BCUT2D eigenvalue weighted by Crippen LogP contribution is 2.66. The summed E-state index contributed by atoms with van der Waals surface area (Å²) >= 11 is 3.30. The van der Waals surface area contributed by atoms with Crippen LogP contribution in [-0.2, 0) is 31.6 Å². The van der Waals surface area contributed by atoms with Crippen molar-refractivity contribution >= 4 is 62.2 Å². The van der Waals surface area contributed by atoms with Crippen LogP contribution in [0.25, 0.3) is 11.2 Å². The van der Waals surface area contributed by atoms with E-state index in [2.05, 4.69) is 49.3 Å². The van der Waals surface area contributed by atoms with Gasteiger partial charge in [-0.05, 0) is 24.3 Å². The molecule has 3 heterocycles. The number of aromatic amines is 1. The van der Waals surface area contributed by atoms with Crippen LogP contribution < -0.4 is 10.9 Å². The van der Waals surface area contributed by atoms with Crippen LogP contribution in [0.4, 0.5) is 11.6 Å². The molecular weight excluding hydrogens is 659 g/mol. The number of nitrogens with zero attached hydrogens (tertiary/aromatic N) is 3. The van der Waals surface area contributed by atoms with E-state index in [1.54, 1.807) is 24.3 Å². The standard InChI is InChI=1S/C16H19BrN5O14P3/c17-7-1-3-8(4-2-7)19-16-20-13-10(14(25)21-16)18-6-22(13)15-12(24)11(23)9(34-15)5-33-38(29,30)36-39(31,32)35-37(26,27)28/h1-4,6,9,11-12,15,23-24H,5H2,(H,29,30)(H,31,32)(H2,26,27,28)(H2,19,20,21,25)/t9-,11-,12-,15?/m0/s1. The molecule has 3 unspecified atom stereocenters. The van der Waals surface area contributed by atoms with E-state index in [1.807, 2.05) is 0 Å². The maximum absolute atomic E-state index is 12.5. The molecule has 1 saturated heterocycles. The molecule has 19 nitrogen and oxygen atoms in total. The number of aliphatic hydroxyl groups excluding tert-OH is 2. The van der Waals surface area contributed by atoms with E-state index in [1.165, 1.54) is 0 Å². The predicted octanol–water partition coefficient (Wildman–Crippen LogP) is 0.588. The van der Waals surface area contributed by atoms with Crippen molar-refractivity contribution in [2.24, 2.45) is 0 Å². The molecule has 0 saturated carbocycles. The summed E-state index contributed by atoms with van der Waals surface area (Å²) < 4.78 is 53.3. The lowest BCUT2D eigenvalue weighted by Crippen LogP contribution is -2.33. The Labute approximate surface area is 225 Å². The molecule has 39 heavy (non-hydrogen) atoms. The van der Waals surface area contributed by atoms with Crippen molar-refractivity contribution in [1.29, 1.82) is 0 Å².